The van der Waals surface area contributed by atoms with Crippen LogP contribution in [0.3, 0.4) is 0 Å². The van der Waals surface area contributed by atoms with Crippen molar-refractivity contribution in [2.75, 3.05) is 31.2 Å². The van der Waals surface area contributed by atoms with Gasteiger partial charge in [0.1, 0.15) is 0 Å². The van der Waals surface area contributed by atoms with Crippen LogP contribution in [-0.4, -0.2) is 42.2 Å². The van der Waals surface area contributed by atoms with Gasteiger partial charge in [0, 0.05) is 25.5 Å². The number of hydrogen-bond donors (Lipinski definition) is 1. The Morgan fingerprint density at radius 3 is 2.55 bits per heavy atom. The molecule has 2 aromatic rings. The Balaban J connectivity index is 1.73. The van der Waals surface area contributed by atoms with Crippen LogP contribution in [0.5, 0.6) is 11.5 Å². The van der Waals surface area contributed by atoms with E-state index in [1.54, 1.807) is 18.5 Å². The molecule has 0 spiro atoms. The van der Waals surface area contributed by atoms with Gasteiger partial charge in [0.05, 0.1) is 25.2 Å². The molecule has 1 aromatic carbocycles. The first-order valence-electron chi connectivity index (χ1n) is 11.2. The van der Waals surface area contributed by atoms with E-state index in [2.05, 4.69) is 34.0 Å². The van der Waals surface area contributed by atoms with Crippen molar-refractivity contribution in [3.8, 4) is 11.5 Å². The van der Waals surface area contributed by atoms with Crippen molar-refractivity contribution in [1.29, 1.82) is 0 Å². The van der Waals surface area contributed by atoms with Crippen molar-refractivity contribution in [2.45, 2.75) is 46.6 Å². The minimum atomic E-state index is -0.106. The Hall–Kier alpha value is -2.83. The predicted molar refractivity (Wildman–Crippen MR) is 121 cm³/mol. The first kappa shape index (κ1) is 22.8. The van der Waals surface area contributed by atoms with Crippen molar-refractivity contribution in [2.24, 2.45) is 11.8 Å². The van der Waals surface area contributed by atoms with E-state index in [4.69, 9.17) is 9.47 Å². The van der Waals surface area contributed by atoms with Crippen LogP contribution in [0.1, 0.15) is 52.1 Å². The monoisotopic (exact) mass is 426 g/mol. The zero-order valence-corrected chi connectivity index (χ0v) is 19.0. The second-order valence-corrected chi connectivity index (χ2v) is 8.14. The van der Waals surface area contributed by atoms with Gasteiger partial charge in [0.15, 0.2) is 11.5 Å². The highest BCUT2D eigenvalue weighted by Gasteiger charge is 2.29. The Morgan fingerprint density at radius 2 is 1.87 bits per heavy atom. The number of hydrogen-bond acceptors (Lipinski definition) is 6. The van der Waals surface area contributed by atoms with Crippen LogP contribution in [0, 0.1) is 11.8 Å². The molecular formula is C24H34N4O3. The first-order valence-corrected chi connectivity index (χ1v) is 11.2. The van der Waals surface area contributed by atoms with Gasteiger partial charge in [-0.2, -0.15) is 0 Å². The highest BCUT2D eigenvalue weighted by molar-refractivity contribution is 5.80. The molecule has 1 aromatic heterocycles. The zero-order valence-electron chi connectivity index (χ0n) is 19.0. The second-order valence-electron chi connectivity index (χ2n) is 8.14. The van der Waals surface area contributed by atoms with Gasteiger partial charge in [-0.25, -0.2) is 9.97 Å². The summed E-state index contributed by atoms with van der Waals surface area (Å²) in [4.78, 5) is 24.0. The van der Waals surface area contributed by atoms with E-state index in [1.165, 1.54) is 0 Å². The molecule has 2 heterocycles. The number of nitrogens with zero attached hydrogens (tertiary/aromatic N) is 3. The largest absolute Gasteiger partial charge is 0.490 e. The molecule has 0 bridgehead atoms. The molecule has 7 heteroatoms. The molecule has 2 atom stereocenters. The summed E-state index contributed by atoms with van der Waals surface area (Å²) in [6, 6.07) is 7.64. The van der Waals surface area contributed by atoms with Crippen LogP contribution in [0.25, 0.3) is 0 Å². The third-order valence-corrected chi connectivity index (χ3v) is 5.52. The lowest BCUT2D eigenvalue weighted by molar-refractivity contribution is -0.126. The van der Waals surface area contributed by atoms with Crippen LogP contribution in [0.15, 0.2) is 36.7 Å². The number of carbonyl (C=O) groups is 1. The molecule has 0 saturated carbocycles. The van der Waals surface area contributed by atoms with E-state index in [0.29, 0.717) is 31.5 Å². The van der Waals surface area contributed by atoms with E-state index in [0.717, 1.165) is 30.7 Å². The number of carbonyl (C=O) groups excluding carboxylic acids is 1. The van der Waals surface area contributed by atoms with Gasteiger partial charge in [-0.3, -0.25) is 4.79 Å². The minimum Gasteiger partial charge on any atom is -0.490 e. The molecule has 1 aliphatic rings. The number of ether oxygens (including phenoxy) is 2. The smallest absolute Gasteiger partial charge is 0.225 e. The average molecular weight is 427 g/mol. The highest BCUT2D eigenvalue weighted by Crippen LogP contribution is 2.33. The molecule has 1 aliphatic heterocycles. The van der Waals surface area contributed by atoms with Gasteiger partial charge in [0.2, 0.25) is 11.9 Å². The molecule has 7 nitrogen and oxygen atoms in total. The molecule has 0 aliphatic carbocycles. The first-order chi connectivity index (χ1) is 15.0. The van der Waals surface area contributed by atoms with Gasteiger partial charge in [-0.05, 0) is 56.4 Å². The van der Waals surface area contributed by atoms with Crippen LogP contribution < -0.4 is 19.7 Å². The molecule has 168 valence electrons. The summed E-state index contributed by atoms with van der Waals surface area (Å²) < 4.78 is 11.5. The fraction of sp³-hybridized carbons (Fsp3) is 0.542. The molecule has 0 radical (unpaired) electrons. The quantitative estimate of drug-likeness (QED) is 0.653. The van der Waals surface area contributed by atoms with Gasteiger partial charge in [-0.1, -0.05) is 19.9 Å². The fourth-order valence-corrected chi connectivity index (χ4v) is 3.99. The molecule has 31 heavy (non-hydrogen) atoms. The summed E-state index contributed by atoms with van der Waals surface area (Å²) in [7, 11) is 0. The van der Waals surface area contributed by atoms with Crippen LogP contribution in [-0.2, 0) is 4.79 Å². The Morgan fingerprint density at radius 1 is 1.16 bits per heavy atom. The number of amides is 1. The maximum absolute atomic E-state index is 13.2. The molecule has 1 amide bonds. The Labute approximate surface area is 185 Å². The highest BCUT2D eigenvalue weighted by atomic mass is 16.5. The van der Waals surface area contributed by atoms with Crippen molar-refractivity contribution < 1.29 is 14.3 Å². The lowest BCUT2D eigenvalue weighted by Crippen LogP contribution is -2.45. The number of piperidine rings is 1. The fourth-order valence-electron chi connectivity index (χ4n) is 3.99. The van der Waals surface area contributed by atoms with E-state index in [-0.39, 0.29) is 23.8 Å². The molecule has 1 saturated heterocycles. The van der Waals surface area contributed by atoms with Crippen LogP contribution in [0.2, 0.25) is 0 Å². The number of aromatic nitrogens is 2. The molecule has 0 unspecified atom stereocenters. The van der Waals surface area contributed by atoms with E-state index < -0.39 is 0 Å². The van der Waals surface area contributed by atoms with Gasteiger partial charge in [0.25, 0.3) is 0 Å². The van der Waals surface area contributed by atoms with Crippen molar-refractivity contribution >= 4 is 11.9 Å². The molecular weight excluding hydrogens is 392 g/mol. The number of anilines is 1. The van der Waals surface area contributed by atoms with E-state index in [9.17, 15) is 4.79 Å². The summed E-state index contributed by atoms with van der Waals surface area (Å²) >= 11 is 0. The number of nitrogens with one attached hydrogen (secondary N) is 1. The normalized spacial score (nSPS) is 17.3. The summed E-state index contributed by atoms with van der Waals surface area (Å²) in [5.41, 5.74) is 1.02. The van der Waals surface area contributed by atoms with Gasteiger partial charge < -0.3 is 19.7 Å². The third-order valence-electron chi connectivity index (χ3n) is 5.52. The summed E-state index contributed by atoms with van der Waals surface area (Å²) in [5.74, 6) is 2.35. The topological polar surface area (TPSA) is 76.6 Å². The molecule has 1 fully saturated rings. The number of rotatable bonds is 9. The minimum absolute atomic E-state index is 0.0752. The summed E-state index contributed by atoms with van der Waals surface area (Å²) in [5, 5.41) is 3.29. The second kappa shape index (κ2) is 11.0. The Bertz CT molecular complexity index is 844. The maximum Gasteiger partial charge on any atom is 0.225 e. The maximum atomic E-state index is 13.2. The van der Waals surface area contributed by atoms with Crippen molar-refractivity contribution in [3.63, 3.8) is 0 Å². The van der Waals surface area contributed by atoms with Crippen LogP contribution >= 0.6 is 0 Å². The zero-order chi connectivity index (χ0) is 22.2. The average Bonchev–Trinajstić information content (AvgIpc) is 2.79. The summed E-state index contributed by atoms with van der Waals surface area (Å²) in [6.45, 7) is 10.8. The van der Waals surface area contributed by atoms with Crippen molar-refractivity contribution in [3.05, 3.63) is 42.2 Å². The SMILES string of the molecule is CCOc1ccc([C@H](NC(=O)[C@@H]2CCCN(c3ncccn3)C2)C(C)C)cc1OCC. The lowest BCUT2D eigenvalue weighted by Gasteiger charge is -2.33. The van der Waals surface area contributed by atoms with Crippen LogP contribution in [0.4, 0.5) is 5.95 Å². The standard InChI is InChI=1S/C24H34N4O3/c1-5-30-20-11-10-18(15-21(20)31-6-2)22(17(3)4)27-23(29)19-9-7-14-28(16-19)24-25-12-8-13-26-24/h8,10-13,15,17,19,22H,5-7,9,14,16H2,1-4H3,(H,27,29)/t19-,22-/m1/s1. The predicted octanol–water partition coefficient (Wildman–Crippen LogP) is 4.00. The molecule has 3 rings (SSSR count). The van der Waals surface area contributed by atoms with E-state index >= 15 is 0 Å². The van der Waals surface area contributed by atoms with E-state index in [1.807, 2.05) is 32.0 Å². The Kier molecular flexibility index (Phi) is 8.09. The lowest BCUT2D eigenvalue weighted by atomic mass is 9.92. The van der Waals surface area contributed by atoms with Gasteiger partial charge in [-0.15, -0.1) is 0 Å². The van der Waals surface area contributed by atoms with Gasteiger partial charge >= 0.3 is 0 Å². The van der Waals surface area contributed by atoms with Crippen molar-refractivity contribution in [1.82, 2.24) is 15.3 Å². The molecule has 1 N–H and O–H groups in total. The summed E-state index contributed by atoms with van der Waals surface area (Å²) in [6.07, 6.45) is 5.29. The number of benzene rings is 1. The third kappa shape index (κ3) is 5.87.